The normalized spacial score (nSPS) is 18.3. The summed E-state index contributed by atoms with van der Waals surface area (Å²) in [5.41, 5.74) is 1.16. The van der Waals surface area contributed by atoms with Gasteiger partial charge in [0, 0.05) is 64.1 Å². The maximum Gasteiger partial charge on any atom is 0.267 e. The minimum absolute atomic E-state index is 0.00415. The third-order valence-corrected chi connectivity index (χ3v) is 8.17. The molecule has 0 aliphatic carbocycles. The average molecular weight is 536 g/mol. The van der Waals surface area contributed by atoms with E-state index in [9.17, 15) is 9.59 Å². The Balaban J connectivity index is 1.25. The summed E-state index contributed by atoms with van der Waals surface area (Å²) < 4.78 is 7.05. The first-order chi connectivity index (χ1) is 15.9. The van der Waals surface area contributed by atoms with E-state index in [0.717, 1.165) is 55.4 Å². The minimum atomic E-state index is -0.0557. The molecule has 0 radical (unpaired) electrons. The van der Waals surface area contributed by atoms with Gasteiger partial charge in [0.2, 0.25) is 5.91 Å². The summed E-state index contributed by atoms with van der Waals surface area (Å²) in [4.78, 5) is 32.1. The van der Waals surface area contributed by atoms with Crippen LogP contribution in [0.15, 0.2) is 28.3 Å². The van der Waals surface area contributed by atoms with Crippen LogP contribution in [0.2, 0.25) is 0 Å². The molecule has 2 saturated heterocycles. The summed E-state index contributed by atoms with van der Waals surface area (Å²) >= 11 is 4.90. The smallest absolute Gasteiger partial charge is 0.267 e. The number of piperidine rings is 2. The van der Waals surface area contributed by atoms with Gasteiger partial charge < -0.3 is 14.5 Å². The first kappa shape index (κ1) is 24.1. The van der Waals surface area contributed by atoms with Crippen molar-refractivity contribution in [3.05, 3.63) is 38.8 Å². The molecular formula is C23H30BrN5O3S. The van der Waals surface area contributed by atoms with E-state index in [-0.39, 0.29) is 23.8 Å². The van der Waals surface area contributed by atoms with Crippen LogP contribution in [0.5, 0.6) is 5.75 Å². The van der Waals surface area contributed by atoms with Crippen molar-refractivity contribution in [2.24, 2.45) is 5.92 Å². The number of ether oxygens (including phenoxy) is 1. The second kappa shape index (κ2) is 10.9. The Hall–Kier alpha value is -2.04. The average Bonchev–Trinajstić information content (AvgIpc) is 3.19. The van der Waals surface area contributed by atoms with E-state index in [4.69, 9.17) is 4.74 Å². The van der Waals surface area contributed by atoms with Gasteiger partial charge in [-0.05, 0) is 53.5 Å². The van der Waals surface area contributed by atoms with Crippen LogP contribution in [0.4, 0.5) is 0 Å². The van der Waals surface area contributed by atoms with E-state index in [1.807, 2.05) is 16.3 Å². The third-order valence-electron chi connectivity index (χ3n) is 6.33. The second-order valence-electron chi connectivity index (χ2n) is 8.89. The first-order valence-corrected chi connectivity index (χ1v) is 13.0. The molecule has 0 bridgehead atoms. The Kier molecular flexibility index (Phi) is 7.98. The van der Waals surface area contributed by atoms with Crippen LogP contribution in [-0.2, 0) is 11.3 Å². The Morgan fingerprint density at radius 2 is 1.88 bits per heavy atom. The van der Waals surface area contributed by atoms with Gasteiger partial charge in [0.05, 0.1) is 10.7 Å². The van der Waals surface area contributed by atoms with Crippen LogP contribution < -0.4 is 4.74 Å². The molecule has 4 heterocycles. The second-order valence-corrected chi connectivity index (χ2v) is 10.6. The number of aromatic nitrogens is 2. The zero-order valence-corrected chi connectivity index (χ0v) is 21.5. The number of amides is 2. The predicted octanol–water partition coefficient (Wildman–Crippen LogP) is 3.28. The van der Waals surface area contributed by atoms with Crippen molar-refractivity contribution >= 4 is 39.1 Å². The van der Waals surface area contributed by atoms with Gasteiger partial charge in [-0.1, -0.05) is 0 Å². The maximum atomic E-state index is 13.1. The van der Waals surface area contributed by atoms with E-state index in [1.165, 1.54) is 11.3 Å². The molecule has 8 nitrogen and oxygen atoms in total. The Morgan fingerprint density at radius 3 is 2.52 bits per heavy atom. The summed E-state index contributed by atoms with van der Waals surface area (Å²) in [6.45, 7) is 4.10. The molecule has 0 spiro atoms. The summed E-state index contributed by atoms with van der Waals surface area (Å²) in [5.74, 6) is 0.948. The van der Waals surface area contributed by atoms with E-state index < -0.39 is 0 Å². The Bertz CT molecular complexity index is 954. The number of hydrogen-bond donors (Lipinski definition) is 0. The van der Waals surface area contributed by atoms with Crippen molar-refractivity contribution in [2.45, 2.75) is 38.3 Å². The zero-order chi connectivity index (χ0) is 23.4. The van der Waals surface area contributed by atoms with Crippen LogP contribution in [0.25, 0.3) is 0 Å². The molecule has 178 valence electrons. The SMILES string of the molecule is CN(C)C(=O)c1scc(Br)c1OC1CCN(C(=O)C2CCN(Cc3ccnnc3)CC2)CC1. The van der Waals surface area contributed by atoms with Gasteiger partial charge in [-0.2, -0.15) is 10.2 Å². The summed E-state index contributed by atoms with van der Waals surface area (Å²) in [6.07, 6.45) is 6.87. The number of thiophene rings is 1. The number of carbonyl (C=O) groups excluding carboxylic acids is 2. The number of rotatable bonds is 6. The van der Waals surface area contributed by atoms with Gasteiger partial charge in [-0.25, -0.2) is 0 Å². The molecule has 2 aliphatic rings. The van der Waals surface area contributed by atoms with Gasteiger partial charge in [0.25, 0.3) is 5.91 Å². The van der Waals surface area contributed by atoms with Crippen LogP contribution in [-0.4, -0.2) is 83.1 Å². The molecule has 0 saturated carbocycles. The number of hydrogen-bond acceptors (Lipinski definition) is 7. The third kappa shape index (κ3) is 5.91. The van der Waals surface area contributed by atoms with Gasteiger partial charge in [0.1, 0.15) is 11.0 Å². The van der Waals surface area contributed by atoms with Crippen LogP contribution in [0.3, 0.4) is 0 Å². The number of likely N-dealkylation sites (tertiary alicyclic amines) is 2. The van der Waals surface area contributed by atoms with Gasteiger partial charge in [-0.15, -0.1) is 11.3 Å². The van der Waals surface area contributed by atoms with E-state index in [2.05, 4.69) is 31.0 Å². The number of carbonyl (C=O) groups is 2. The fraction of sp³-hybridized carbons (Fsp3) is 0.565. The highest BCUT2D eigenvalue weighted by Crippen LogP contribution is 2.37. The molecule has 0 unspecified atom stereocenters. The molecule has 4 rings (SSSR count). The van der Waals surface area contributed by atoms with Crippen LogP contribution in [0.1, 0.15) is 40.9 Å². The molecule has 2 amide bonds. The van der Waals surface area contributed by atoms with Crippen LogP contribution in [0, 0.1) is 5.92 Å². The highest BCUT2D eigenvalue weighted by atomic mass is 79.9. The number of halogens is 1. The fourth-order valence-electron chi connectivity index (χ4n) is 4.41. The molecule has 0 atom stereocenters. The molecule has 2 fully saturated rings. The van der Waals surface area contributed by atoms with Crippen LogP contribution >= 0.6 is 27.3 Å². The number of nitrogens with zero attached hydrogens (tertiary/aromatic N) is 5. The van der Waals surface area contributed by atoms with E-state index in [1.54, 1.807) is 31.4 Å². The van der Waals surface area contributed by atoms with Gasteiger partial charge in [0.15, 0.2) is 5.75 Å². The fourth-order valence-corrected chi connectivity index (χ4v) is 5.99. The maximum absolute atomic E-state index is 13.1. The highest BCUT2D eigenvalue weighted by molar-refractivity contribution is 9.10. The monoisotopic (exact) mass is 535 g/mol. The highest BCUT2D eigenvalue weighted by Gasteiger charge is 2.32. The topological polar surface area (TPSA) is 78.9 Å². The molecule has 33 heavy (non-hydrogen) atoms. The van der Waals surface area contributed by atoms with Crippen molar-refractivity contribution in [2.75, 3.05) is 40.3 Å². The molecule has 0 aromatic carbocycles. The van der Waals surface area contributed by atoms with Gasteiger partial charge >= 0.3 is 0 Å². The lowest BCUT2D eigenvalue weighted by molar-refractivity contribution is -0.139. The minimum Gasteiger partial charge on any atom is -0.487 e. The predicted molar refractivity (Wildman–Crippen MR) is 130 cm³/mol. The molecular weight excluding hydrogens is 506 g/mol. The summed E-state index contributed by atoms with van der Waals surface area (Å²) in [5, 5.41) is 9.66. The molecule has 10 heteroatoms. The van der Waals surface area contributed by atoms with Crippen molar-refractivity contribution in [1.29, 1.82) is 0 Å². The largest absolute Gasteiger partial charge is 0.487 e. The Labute approximate surface area is 207 Å². The lowest BCUT2D eigenvalue weighted by Crippen LogP contribution is -2.47. The van der Waals surface area contributed by atoms with E-state index >= 15 is 0 Å². The summed E-state index contributed by atoms with van der Waals surface area (Å²) in [6, 6.07) is 1.99. The molecule has 2 aromatic heterocycles. The standard InChI is InChI=1S/C23H30BrN5O3S/c1-27(2)23(31)21-20(19(24)15-33-21)32-18-6-11-29(12-7-18)22(30)17-4-9-28(10-5-17)14-16-3-8-25-26-13-16/h3,8,13,15,17-18H,4-7,9-12,14H2,1-2H3. The van der Waals surface area contributed by atoms with Crippen molar-refractivity contribution < 1.29 is 14.3 Å². The van der Waals surface area contributed by atoms with Crippen molar-refractivity contribution in [3.8, 4) is 5.75 Å². The lowest BCUT2D eigenvalue weighted by Gasteiger charge is -2.37. The van der Waals surface area contributed by atoms with Gasteiger partial charge in [-0.3, -0.25) is 14.5 Å². The van der Waals surface area contributed by atoms with Crippen molar-refractivity contribution in [1.82, 2.24) is 24.9 Å². The summed E-state index contributed by atoms with van der Waals surface area (Å²) in [7, 11) is 3.48. The zero-order valence-electron chi connectivity index (χ0n) is 19.1. The Morgan fingerprint density at radius 1 is 1.15 bits per heavy atom. The van der Waals surface area contributed by atoms with E-state index in [0.29, 0.717) is 23.7 Å². The molecule has 2 aliphatic heterocycles. The first-order valence-electron chi connectivity index (χ1n) is 11.3. The quantitative estimate of drug-likeness (QED) is 0.564. The van der Waals surface area contributed by atoms with Crippen molar-refractivity contribution in [3.63, 3.8) is 0 Å². The molecule has 2 aromatic rings. The lowest BCUT2D eigenvalue weighted by atomic mass is 9.94. The molecule has 0 N–H and O–H groups in total.